The molecular weight excluding hydrogens is 296 g/mol. The molecule has 0 aromatic rings. The van der Waals surface area contributed by atoms with Gasteiger partial charge in [-0.1, -0.05) is 5.57 Å². The van der Waals surface area contributed by atoms with Gasteiger partial charge >= 0.3 is 11.9 Å². The van der Waals surface area contributed by atoms with Crippen LogP contribution < -0.4 is 0 Å². The van der Waals surface area contributed by atoms with Gasteiger partial charge in [0.2, 0.25) is 0 Å². The van der Waals surface area contributed by atoms with E-state index in [4.69, 9.17) is 14.2 Å². The molecule has 0 N–H and O–H groups in total. The zero-order valence-corrected chi connectivity index (χ0v) is 14.0. The average molecular weight is 320 g/mol. The van der Waals surface area contributed by atoms with E-state index in [-0.39, 0.29) is 41.8 Å². The molecule has 2 aliphatic heterocycles. The van der Waals surface area contributed by atoms with Crippen LogP contribution in [0.4, 0.5) is 0 Å². The molecule has 4 rings (SSSR count). The molecule has 2 aliphatic carbocycles. The Balaban J connectivity index is 1.72. The van der Waals surface area contributed by atoms with Crippen molar-refractivity contribution in [3.8, 4) is 0 Å². The van der Waals surface area contributed by atoms with Crippen LogP contribution in [0.1, 0.15) is 52.9 Å². The molecule has 0 aromatic heterocycles. The highest BCUT2D eigenvalue weighted by Crippen LogP contribution is 2.62. The Bertz CT molecular complexity index is 590. The molecule has 5 atom stereocenters. The summed E-state index contributed by atoms with van der Waals surface area (Å²) >= 11 is 0. The van der Waals surface area contributed by atoms with Gasteiger partial charge in [-0.15, -0.1) is 0 Å². The van der Waals surface area contributed by atoms with Crippen LogP contribution in [0.15, 0.2) is 11.6 Å². The first kappa shape index (κ1) is 15.2. The Morgan fingerprint density at radius 2 is 2.13 bits per heavy atom. The van der Waals surface area contributed by atoms with Crippen molar-refractivity contribution < 1.29 is 23.8 Å². The number of carbonyl (C=O) groups excluding carboxylic acids is 2. The molecule has 23 heavy (non-hydrogen) atoms. The minimum Gasteiger partial charge on any atom is -0.461 e. The lowest BCUT2D eigenvalue weighted by Crippen LogP contribution is -2.38. The van der Waals surface area contributed by atoms with Crippen molar-refractivity contribution in [2.75, 3.05) is 0 Å². The standard InChI is InChI=1S/C18H24O5/c1-10-4-5-14-17(3,23-14)9-13-15(12(8-10)21-11(2)19)18(6-7-18)16(20)22-13/h8,12-15H,4-7,9H2,1-3H3/b10-8+. The second-order valence-corrected chi connectivity index (χ2v) is 7.87. The Kier molecular flexibility index (Phi) is 3.18. The quantitative estimate of drug-likeness (QED) is 0.422. The number of allylic oxidation sites excluding steroid dienone is 1. The lowest BCUT2D eigenvalue weighted by Gasteiger charge is -2.29. The Morgan fingerprint density at radius 3 is 2.78 bits per heavy atom. The van der Waals surface area contributed by atoms with E-state index in [1.54, 1.807) is 0 Å². The number of ether oxygens (including phenoxy) is 3. The molecule has 1 spiro atoms. The maximum atomic E-state index is 12.4. The van der Waals surface area contributed by atoms with Crippen molar-refractivity contribution in [1.82, 2.24) is 0 Å². The van der Waals surface area contributed by atoms with Gasteiger partial charge in [0.15, 0.2) is 0 Å². The van der Waals surface area contributed by atoms with Crippen molar-refractivity contribution in [2.24, 2.45) is 11.3 Å². The topological polar surface area (TPSA) is 65.1 Å². The van der Waals surface area contributed by atoms with Crippen LogP contribution in [0.2, 0.25) is 0 Å². The maximum absolute atomic E-state index is 12.4. The molecule has 126 valence electrons. The number of carbonyl (C=O) groups is 2. The minimum atomic E-state index is -0.443. The Morgan fingerprint density at radius 1 is 1.39 bits per heavy atom. The molecule has 0 amide bonds. The first-order chi connectivity index (χ1) is 10.8. The molecule has 0 aromatic carbocycles. The van der Waals surface area contributed by atoms with E-state index < -0.39 is 5.41 Å². The second kappa shape index (κ2) is 4.82. The molecule has 4 aliphatic rings. The summed E-state index contributed by atoms with van der Waals surface area (Å²) in [4.78, 5) is 24.0. The molecule has 3 fully saturated rings. The molecule has 1 saturated carbocycles. The largest absolute Gasteiger partial charge is 0.461 e. The van der Waals surface area contributed by atoms with Crippen LogP contribution >= 0.6 is 0 Å². The van der Waals surface area contributed by atoms with Crippen molar-refractivity contribution in [3.63, 3.8) is 0 Å². The fourth-order valence-electron chi connectivity index (χ4n) is 4.55. The van der Waals surface area contributed by atoms with E-state index in [1.165, 1.54) is 12.5 Å². The Hall–Kier alpha value is -1.36. The molecule has 2 saturated heterocycles. The first-order valence-electron chi connectivity index (χ1n) is 8.57. The van der Waals surface area contributed by atoms with Crippen LogP contribution in [0.5, 0.6) is 0 Å². The van der Waals surface area contributed by atoms with Crippen LogP contribution in [0.3, 0.4) is 0 Å². The SMILES string of the molecule is CC(=O)OC1/C=C(\C)CCC2OC2(C)CC2OC(=O)C3(CC3)C12. The number of epoxide rings is 1. The highest BCUT2D eigenvalue weighted by Gasteiger charge is 2.69. The van der Waals surface area contributed by atoms with Gasteiger partial charge in [0.05, 0.1) is 23.0 Å². The molecule has 5 unspecified atom stereocenters. The van der Waals surface area contributed by atoms with Crippen LogP contribution in [0, 0.1) is 11.3 Å². The zero-order chi connectivity index (χ0) is 16.4. The lowest BCUT2D eigenvalue weighted by molar-refractivity contribution is -0.148. The van der Waals surface area contributed by atoms with E-state index in [2.05, 4.69) is 13.8 Å². The number of hydrogen-bond acceptors (Lipinski definition) is 5. The third kappa shape index (κ3) is 2.40. The van der Waals surface area contributed by atoms with Crippen LogP contribution in [0.25, 0.3) is 0 Å². The second-order valence-electron chi connectivity index (χ2n) is 7.87. The van der Waals surface area contributed by atoms with Gasteiger partial charge in [-0.25, -0.2) is 0 Å². The summed E-state index contributed by atoms with van der Waals surface area (Å²) in [7, 11) is 0. The minimum absolute atomic E-state index is 0.0892. The van der Waals surface area contributed by atoms with E-state index in [0.29, 0.717) is 6.42 Å². The molecule has 5 heteroatoms. The predicted octanol–water partition coefficient (Wildman–Crippen LogP) is 2.53. The fraction of sp³-hybridized carbons (Fsp3) is 0.778. The summed E-state index contributed by atoms with van der Waals surface area (Å²) in [6.45, 7) is 5.58. The number of hydrogen-bond donors (Lipinski definition) is 0. The van der Waals surface area contributed by atoms with Gasteiger partial charge in [0.1, 0.15) is 12.2 Å². The third-order valence-corrected chi connectivity index (χ3v) is 6.04. The van der Waals surface area contributed by atoms with E-state index >= 15 is 0 Å². The third-order valence-electron chi connectivity index (χ3n) is 6.04. The number of rotatable bonds is 1. The molecule has 0 radical (unpaired) electrons. The Labute approximate surface area is 136 Å². The van der Waals surface area contributed by atoms with Gasteiger partial charge in [-0.3, -0.25) is 9.59 Å². The summed E-state index contributed by atoms with van der Waals surface area (Å²) in [5, 5.41) is 0. The van der Waals surface area contributed by atoms with Gasteiger partial charge in [0, 0.05) is 13.3 Å². The van der Waals surface area contributed by atoms with Crippen molar-refractivity contribution in [1.29, 1.82) is 0 Å². The highest BCUT2D eigenvalue weighted by atomic mass is 16.6. The summed E-state index contributed by atoms with van der Waals surface area (Å²) in [6.07, 6.45) is 5.91. The van der Waals surface area contributed by atoms with Gasteiger partial charge in [-0.2, -0.15) is 0 Å². The molecule has 2 heterocycles. The molecular formula is C18H24O5. The summed E-state index contributed by atoms with van der Waals surface area (Å²) < 4.78 is 17.3. The van der Waals surface area contributed by atoms with E-state index in [9.17, 15) is 9.59 Å². The molecule has 5 nitrogen and oxygen atoms in total. The van der Waals surface area contributed by atoms with E-state index in [0.717, 1.165) is 25.7 Å². The smallest absolute Gasteiger partial charge is 0.312 e. The van der Waals surface area contributed by atoms with E-state index in [1.807, 2.05) is 6.08 Å². The maximum Gasteiger partial charge on any atom is 0.312 e. The van der Waals surface area contributed by atoms with Crippen molar-refractivity contribution in [3.05, 3.63) is 11.6 Å². The number of fused-ring (bicyclic) bond motifs is 3. The fourth-order valence-corrected chi connectivity index (χ4v) is 4.55. The monoisotopic (exact) mass is 320 g/mol. The first-order valence-corrected chi connectivity index (χ1v) is 8.57. The van der Waals surface area contributed by atoms with Crippen LogP contribution in [-0.4, -0.2) is 35.9 Å². The normalized spacial score (nSPS) is 46.0. The van der Waals surface area contributed by atoms with Crippen molar-refractivity contribution in [2.45, 2.75) is 76.8 Å². The van der Waals surface area contributed by atoms with Gasteiger partial charge < -0.3 is 14.2 Å². The number of esters is 2. The van der Waals surface area contributed by atoms with Gasteiger partial charge in [0.25, 0.3) is 0 Å². The predicted molar refractivity (Wildman–Crippen MR) is 81.5 cm³/mol. The van der Waals surface area contributed by atoms with Crippen molar-refractivity contribution >= 4 is 11.9 Å². The summed E-state index contributed by atoms with van der Waals surface area (Å²) in [6, 6.07) is 0. The highest BCUT2D eigenvalue weighted by molar-refractivity contribution is 5.83. The zero-order valence-electron chi connectivity index (χ0n) is 14.0. The van der Waals surface area contributed by atoms with Crippen LogP contribution in [-0.2, 0) is 23.8 Å². The van der Waals surface area contributed by atoms with Gasteiger partial charge in [-0.05, 0) is 45.6 Å². The lowest BCUT2D eigenvalue weighted by atomic mass is 9.78. The molecule has 0 bridgehead atoms. The summed E-state index contributed by atoms with van der Waals surface area (Å²) in [5.41, 5.74) is 0.536. The average Bonchev–Trinajstić information content (AvgIpc) is 3.31. The summed E-state index contributed by atoms with van der Waals surface area (Å²) in [5.74, 6) is -0.513.